The van der Waals surface area contributed by atoms with Gasteiger partial charge in [-0.1, -0.05) is 39.0 Å². The fourth-order valence-corrected chi connectivity index (χ4v) is 2.50. The molecule has 3 nitrogen and oxygen atoms in total. The summed E-state index contributed by atoms with van der Waals surface area (Å²) in [6.07, 6.45) is 2.94. The van der Waals surface area contributed by atoms with Crippen LogP contribution in [-0.4, -0.2) is 11.1 Å². The molecule has 0 aromatic heterocycles. The highest BCUT2D eigenvalue weighted by Gasteiger charge is 2.14. The van der Waals surface area contributed by atoms with Crippen LogP contribution in [0.25, 0.3) is 0 Å². The zero-order chi connectivity index (χ0) is 14.4. The van der Waals surface area contributed by atoms with Gasteiger partial charge >= 0.3 is 5.97 Å². The molecule has 0 heterocycles. The zero-order valence-corrected chi connectivity index (χ0v) is 12.1. The van der Waals surface area contributed by atoms with E-state index in [4.69, 9.17) is 10.8 Å². The van der Waals surface area contributed by atoms with Crippen LogP contribution in [0.5, 0.6) is 0 Å². The Morgan fingerprint density at radius 2 is 1.89 bits per heavy atom. The average molecular weight is 263 g/mol. The second-order valence-electron chi connectivity index (χ2n) is 5.28. The summed E-state index contributed by atoms with van der Waals surface area (Å²) in [5.74, 6) is -0.654. The van der Waals surface area contributed by atoms with Crippen molar-refractivity contribution < 1.29 is 9.90 Å². The smallest absolute Gasteiger partial charge is 0.303 e. The van der Waals surface area contributed by atoms with Gasteiger partial charge in [0, 0.05) is 12.5 Å². The number of carbonyl (C=O) groups is 1. The van der Waals surface area contributed by atoms with E-state index in [-0.39, 0.29) is 18.4 Å². The van der Waals surface area contributed by atoms with Crippen LogP contribution in [0.3, 0.4) is 0 Å². The third kappa shape index (κ3) is 4.67. The molecule has 0 amide bonds. The van der Waals surface area contributed by atoms with Crippen LogP contribution in [0.2, 0.25) is 0 Å². The lowest BCUT2D eigenvalue weighted by molar-refractivity contribution is -0.138. The number of hydrogen-bond donors (Lipinski definition) is 2. The van der Waals surface area contributed by atoms with Crippen LogP contribution in [0.15, 0.2) is 18.2 Å². The van der Waals surface area contributed by atoms with E-state index in [2.05, 4.69) is 32.0 Å². The number of carboxylic acid groups (broad SMARTS) is 1. The third-order valence-corrected chi connectivity index (χ3v) is 3.60. The first-order chi connectivity index (χ1) is 8.97. The van der Waals surface area contributed by atoms with Crippen molar-refractivity contribution >= 4 is 5.97 Å². The molecule has 1 aromatic rings. The molecule has 2 unspecified atom stereocenters. The van der Waals surface area contributed by atoms with Crippen molar-refractivity contribution in [1.29, 1.82) is 0 Å². The minimum absolute atomic E-state index is 0.0782. The van der Waals surface area contributed by atoms with Crippen LogP contribution in [0.4, 0.5) is 0 Å². The van der Waals surface area contributed by atoms with Crippen molar-refractivity contribution in [3.8, 4) is 0 Å². The summed E-state index contributed by atoms with van der Waals surface area (Å²) in [5.41, 5.74) is 10.0. The molecule has 0 radical (unpaired) electrons. The molecular formula is C16H25NO2. The summed E-state index contributed by atoms with van der Waals surface area (Å²) in [6, 6.07) is 6.33. The fourth-order valence-electron chi connectivity index (χ4n) is 2.50. The van der Waals surface area contributed by atoms with Gasteiger partial charge in [-0.25, -0.2) is 0 Å². The lowest BCUT2D eigenvalue weighted by Gasteiger charge is -2.18. The standard InChI is InChI=1S/C16H25NO2/c1-4-12-6-7-14(10-13(12)5-2)15(17)8-11(3)9-16(18)19/h6-7,10-11,15H,4-5,8-9,17H2,1-3H3,(H,18,19). The molecule has 2 atom stereocenters. The van der Waals surface area contributed by atoms with Gasteiger partial charge in [-0.05, 0) is 41.9 Å². The minimum Gasteiger partial charge on any atom is -0.481 e. The first kappa shape index (κ1) is 15.7. The second kappa shape index (κ2) is 7.29. The Balaban J connectivity index is 2.76. The lowest BCUT2D eigenvalue weighted by Crippen LogP contribution is -2.16. The molecule has 0 aliphatic heterocycles. The molecule has 1 rings (SSSR count). The topological polar surface area (TPSA) is 63.3 Å². The number of aliphatic carboxylic acids is 1. The van der Waals surface area contributed by atoms with E-state index in [0.29, 0.717) is 6.42 Å². The Morgan fingerprint density at radius 1 is 1.26 bits per heavy atom. The third-order valence-electron chi connectivity index (χ3n) is 3.60. The Hall–Kier alpha value is -1.35. The summed E-state index contributed by atoms with van der Waals surface area (Å²) in [6.45, 7) is 6.25. The van der Waals surface area contributed by atoms with E-state index in [0.717, 1.165) is 18.4 Å². The number of rotatable bonds is 7. The highest BCUT2D eigenvalue weighted by Crippen LogP contribution is 2.23. The maximum absolute atomic E-state index is 10.7. The number of nitrogens with two attached hydrogens (primary N) is 1. The Bertz CT molecular complexity index is 429. The van der Waals surface area contributed by atoms with Crippen LogP contribution in [0.1, 0.15) is 56.3 Å². The van der Waals surface area contributed by atoms with Crippen LogP contribution in [0, 0.1) is 5.92 Å². The maximum atomic E-state index is 10.7. The number of carboxylic acids is 1. The van der Waals surface area contributed by atoms with E-state index in [9.17, 15) is 4.79 Å². The molecule has 0 bridgehead atoms. The molecular weight excluding hydrogens is 238 g/mol. The molecule has 19 heavy (non-hydrogen) atoms. The predicted molar refractivity (Wildman–Crippen MR) is 78.2 cm³/mol. The van der Waals surface area contributed by atoms with Gasteiger partial charge in [0.1, 0.15) is 0 Å². The van der Waals surface area contributed by atoms with Gasteiger partial charge < -0.3 is 10.8 Å². The average Bonchev–Trinajstić information content (AvgIpc) is 2.36. The summed E-state index contributed by atoms with van der Waals surface area (Å²) in [4.78, 5) is 10.7. The largest absolute Gasteiger partial charge is 0.481 e. The van der Waals surface area contributed by atoms with E-state index >= 15 is 0 Å². The first-order valence-corrected chi connectivity index (χ1v) is 7.06. The van der Waals surface area contributed by atoms with Crippen molar-refractivity contribution in [2.75, 3.05) is 0 Å². The number of benzene rings is 1. The first-order valence-electron chi connectivity index (χ1n) is 7.06. The molecule has 0 fully saturated rings. The summed E-state index contributed by atoms with van der Waals surface area (Å²) in [7, 11) is 0. The van der Waals surface area contributed by atoms with Gasteiger partial charge in [0.05, 0.1) is 0 Å². The highest BCUT2D eigenvalue weighted by atomic mass is 16.4. The lowest BCUT2D eigenvalue weighted by atomic mass is 9.91. The molecule has 0 saturated carbocycles. The van der Waals surface area contributed by atoms with Crippen molar-refractivity contribution in [3.63, 3.8) is 0 Å². The van der Waals surface area contributed by atoms with E-state index in [1.54, 1.807) is 0 Å². The molecule has 106 valence electrons. The maximum Gasteiger partial charge on any atom is 0.303 e. The zero-order valence-electron chi connectivity index (χ0n) is 12.1. The number of hydrogen-bond acceptors (Lipinski definition) is 2. The van der Waals surface area contributed by atoms with Crippen LogP contribution >= 0.6 is 0 Å². The molecule has 0 aliphatic carbocycles. The van der Waals surface area contributed by atoms with Crippen molar-refractivity contribution in [2.24, 2.45) is 11.7 Å². The summed E-state index contributed by atoms with van der Waals surface area (Å²) < 4.78 is 0. The molecule has 0 aliphatic rings. The van der Waals surface area contributed by atoms with E-state index in [1.165, 1.54) is 11.1 Å². The van der Waals surface area contributed by atoms with Gasteiger partial charge in [-0.15, -0.1) is 0 Å². The Kier molecular flexibility index (Phi) is 6.03. The molecule has 0 spiro atoms. The Morgan fingerprint density at radius 3 is 2.42 bits per heavy atom. The molecule has 1 aromatic carbocycles. The van der Waals surface area contributed by atoms with Gasteiger partial charge in [-0.3, -0.25) is 4.79 Å². The van der Waals surface area contributed by atoms with Crippen LogP contribution in [-0.2, 0) is 17.6 Å². The quantitative estimate of drug-likeness (QED) is 0.793. The van der Waals surface area contributed by atoms with E-state index < -0.39 is 5.97 Å². The number of aryl methyl sites for hydroxylation is 2. The summed E-state index contributed by atoms with van der Waals surface area (Å²) in [5, 5.41) is 8.78. The van der Waals surface area contributed by atoms with Crippen molar-refractivity contribution in [3.05, 3.63) is 34.9 Å². The minimum atomic E-state index is -0.754. The van der Waals surface area contributed by atoms with Gasteiger partial charge in [0.25, 0.3) is 0 Å². The predicted octanol–water partition coefficient (Wildman–Crippen LogP) is 3.31. The van der Waals surface area contributed by atoms with Crippen molar-refractivity contribution in [2.45, 2.75) is 52.5 Å². The van der Waals surface area contributed by atoms with Gasteiger partial charge in [0.2, 0.25) is 0 Å². The normalized spacial score (nSPS) is 14.1. The monoisotopic (exact) mass is 263 g/mol. The van der Waals surface area contributed by atoms with Gasteiger partial charge in [-0.2, -0.15) is 0 Å². The fraction of sp³-hybridized carbons (Fsp3) is 0.562. The molecule has 3 N–H and O–H groups in total. The van der Waals surface area contributed by atoms with Crippen LogP contribution < -0.4 is 5.73 Å². The Labute approximate surface area is 115 Å². The second-order valence-corrected chi connectivity index (χ2v) is 5.28. The van der Waals surface area contributed by atoms with Gasteiger partial charge in [0.15, 0.2) is 0 Å². The van der Waals surface area contributed by atoms with Crippen molar-refractivity contribution in [1.82, 2.24) is 0 Å². The molecule has 0 saturated heterocycles. The molecule has 3 heteroatoms. The summed E-state index contributed by atoms with van der Waals surface area (Å²) >= 11 is 0. The highest BCUT2D eigenvalue weighted by molar-refractivity contribution is 5.66. The van der Waals surface area contributed by atoms with E-state index in [1.807, 2.05) is 6.92 Å². The SMILES string of the molecule is CCc1ccc(C(N)CC(C)CC(=O)O)cc1CC.